The van der Waals surface area contributed by atoms with Crippen LogP contribution in [0.2, 0.25) is 0 Å². The number of likely N-dealkylation sites (N-methyl/N-ethyl adjacent to an activating group) is 1. The average molecular weight is 275 g/mol. The van der Waals surface area contributed by atoms with E-state index in [1.54, 1.807) is 6.20 Å². The number of aliphatic hydroxyl groups is 1. The van der Waals surface area contributed by atoms with Crippen LogP contribution in [0.4, 0.5) is 5.69 Å². The van der Waals surface area contributed by atoms with E-state index >= 15 is 0 Å². The Hall–Kier alpha value is -1.72. The number of benzene rings is 1. The molecule has 3 N–H and O–H groups in total. The van der Waals surface area contributed by atoms with Gasteiger partial charge >= 0.3 is 0 Å². The maximum Gasteiger partial charge on any atom is 0.107 e. The first-order valence-corrected chi connectivity index (χ1v) is 6.63. The lowest BCUT2D eigenvalue weighted by Crippen LogP contribution is -2.29. The van der Waals surface area contributed by atoms with Crippen LogP contribution < -0.4 is 10.6 Å². The number of nitrogens with zero attached hydrogens (tertiary/aromatic N) is 2. The lowest BCUT2D eigenvalue weighted by atomic mass is 10.1. The van der Waals surface area contributed by atoms with Crippen molar-refractivity contribution in [3.63, 3.8) is 0 Å². The van der Waals surface area contributed by atoms with Crippen molar-refractivity contribution in [1.82, 2.24) is 4.98 Å². The van der Waals surface area contributed by atoms with Gasteiger partial charge in [0.15, 0.2) is 0 Å². The number of fused-ring (bicyclic) bond motifs is 1. The summed E-state index contributed by atoms with van der Waals surface area (Å²) >= 11 is 5.11. The van der Waals surface area contributed by atoms with E-state index in [1.807, 2.05) is 31.2 Å². The summed E-state index contributed by atoms with van der Waals surface area (Å²) in [6.45, 7) is 3.43. The summed E-state index contributed by atoms with van der Waals surface area (Å²) in [5.74, 6) is 0. The summed E-state index contributed by atoms with van der Waals surface area (Å²) in [5.41, 5.74) is 8.40. The standard InChI is InChI=1S/C14H17N3OS/c1-2-17(7-8-18)13-10-5-3-4-6-12(10)16-9-11(13)14(15)19/h3-6,9,18H,2,7-8H2,1H3,(H2,15,19). The molecule has 2 rings (SSSR count). The first kappa shape index (κ1) is 13.7. The van der Waals surface area contributed by atoms with Crippen LogP contribution in [0.25, 0.3) is 10.9 Å². The summed E-state index contributed by atoms with van der Waals surface area (Å²) in [5, 5.41) is 10.2. The minimum atomic E-state index is 0.0846. The molecule has 1 aromatic heterocycles. The van der Waals surface area contributed by atoms with Crippen LogP contribution in [0, 0.1) is 0 Å². The molecule has 0 atom stereocenters. The second kappa shape index (κ2) is 5.95. The second-order valence-corrected chi connectivity index (χ2v) is 4.64. The Bertz CT molecular complexity index is 600. The Morgan fingerprint density at radius 1 is 1.42 bits per heavy atom. The molecule has 0 unspecified atom stereocenters. The van der Waals surface area contributed by atoms with Crippen LogP contribution in [0.5, 0.6) is 0 Å². The molecule has 0 spiro atoms. The fourth-order valence-electron chi connectivity index (χ4n) is 2.20. The third-order valence-electron chi connectivity index (χ3n) is 3.08. The average Bonchev–Trinajstić information content (AvgIpc) is 2.43. The smallest absolute Gasteiger partial charge is 0.107 e. The normalized spacial score (nSPS) is 10.6. The zero-order valence-corrected chi connectivity index (χ0v) is 11.7. The van der Waals surface area contributed by atoms with Gasteiger partial charge in [-0.3, -0.25) is 4.98 Å². The van der Waals surface area contributed by atoms with Crippen LogP contribution in [-0.4, -0.2) is 34.8 Å². The topological polar surface area (TPSA) is 62.4 Å². The molecule has 0 fully saturated rings. The fraction of sp³-hybridized carbons (Fsp3) is 0.286. The highest BCUT2D eigenvalue weighted by atomic mass is 32.1. The van der Waals surface area contributed by atoms with Crippen molar-refractivity contribution >= 4 is 33.8 Å². The molecule has 5 heteroatoms. The maximum atomic E-state index is 9.21. The lowest BCUT2D eigenvalue weighted by Gasteiger charge is -2.26. The summed E-state index contributed by atoms with van der Waals surface area (Å²) in [4.78, 5) is 6.77. The molecule has 19 heavy (non-hydrogen) atoms. The number of pyridine rings is 1. The zero-order chi connectivity index (χ0) is 13.8. The van der Waals surface area contributed by atoms with Gasteiger partial charge in [-0.25, -0.2) is 0 Å². The van der Waals surface area contributed by atoms with Gasteiger partial charge in [-0.2, -0.15) is 0 Å². The van der Waals surface area contributed by atoms with Gasteiger partial charge in [0, 0.05) is 24.7 Å². The third-order valence-corrected chi connectivity index (χ3v) is 3.30. The van der Waals surface area contributed by atoms with Crippen molar-refractivity contribution in [2.75, 3.05) is 24.6 Å². The van der Waals surface area contributed by atoms with Crippen LogP contribution in [-0.2, 0) is 0 Å². The molecule has 0 amide bonds. The van der Waals surface area contributed by atoms with Gasteiger partial charge in [0.05, 0.1) is 23.4 Å². The molecule has 0 saturated heterocycles. The monoisotopic (exact) mass is 275 g/mol. The fourth-order valence-corrected chi connectivity index (χ4v) is 2.35. The molecule has 0 aliphatic heterocycles. The molecular weight excluding hydrogens is 258 g/mol. The van der Waals surface area contributed by atoms with Gasteiger partial charge in [0.1, 0.15) is 4.99 Å². The molecule has 1 aromatic carbocycles. The molecule has 4 nitrogen and oxygen atoms in total. The molecule has 0 aliphatic rings. The molecule has 0 aliphatic carbocycles. The first-order chi connectivity index (χ1) is 9.19. The summed E-state index contributed by atoms with van der Waals surface area (Å²) in [6, 6.07) is 7.86. The zero-order valence-electron chi connectivity index (χ0n) is 10.8. The number of aliphatic hydroxyl groups excluding tert-OH is 1. The van der Waals surface area contributed by atoms with Crippen molar-refractivity contribution in [3.05, 3.63) is 36.0 Å². The van der Waals surface area contributed by atoms with Gasteiger partial charge in [0.2, 0.25) is 0 Å². The van der Waals surface area contributed by atoms with Gasteiger partial charge in [-0.1, -0.05) is 30.4 Å². The number of anilines is 1. The van der Waals surface area contributed by atoms with Crippen molar-refractivity contribution in [2.24, 2.45) is 5.73 Å². The molecule has 1 heterocycles. The molecule has 0 radical (unpaired) electrons. The Balaban J connectivity index is 2.71. The minimum absolute atomic E-state index is 0.0846. The van der Waals surface area contributed by atoms with Crippen molar-refractivity contribution in [2.45, 2.75) is 6.92 Å². The molecule has 0 bridgehead atoms. The third kappa shape index (κ3) is 2.67. The van der Waals surface area contributed by atoms with Crippen molar-refractivity contribution in [1.29, 1.82) is 0 Å². The van der Waals surface area contributed by atoms with Gasteiger partial charge in [0.25, 0.3) is 0 Å². The van der Waals surface area contributed by atoms with Crippen LogP contribution in [0.1, 0.15) is 12.5 Å². The Labute approximate surface area is 117 Å². The predicted octanol–water partition coefficient (Wildman–Crippen LogP) is 1.69. The summed E-state index contributed by atoms with van der Waals surface area (Å²) in [6.07, 6.45) is 1.71. The number of rotatable bonds is 5. The molecule has 2 aromatic rings. The van der Waals surface area contributed by atoms with Gasteiger partial charge in [-0.15, -0.1) is 0 Å². The number of aromatic nitrogens is 1. The highest BCUT2D eigenvalue weighted by Gasteiger charge is 2.15. The van der Waals surface area contributed by atoms with Crippen LogP contribution in [0.3, 0.4) is 0 Å². The quantitative estimate of drug-likeness (QED) is 0.813. The van der Waals surface area contributed by atoms with E-state index in [1.165, 1.54) is 0 Å². The molecular formula is C14H17N3OS. The number of hydrogen-bond acceptors (Lipinski definition) is 4. The number of thiocarbonyl (C=S) groups is 1. The highest BCUT2D eigenvalue weighted by molar-refractivity contribution is 7.80. The summed E-state index contributed by atoms with van der Waals surface area (Å²) < 4.78 is 0. The largest absolute Gasteiger partial charge is 0.395 e. The van der Waals surface area contributed by atoms with E-state index in [-0.39, 0.29) is 6.61 Å². The van der Waals surface area contributed by atoms with Crippen LogP contribution >= 0.6 is 12.2 Å². The Morgan fingerprint density at radius 3 is 2.79 bits per heavy atom. The van der Waals surface area contributed by atoms with E-state index in [0.29, 0.717) is 11.5 Å². The molecule has 0 saturated carbocycles. The second-order valence-electron chi connectivity index (χ2n) is 4.21. The minimum Gasteiger partial charge on any atom is -0.395 e. The number of nitrogens with two attached hydrogens (primary N) is 1. The van der Waals surface area contributed by atoms with Gasteiger partial charge in [-0.05, 0) is 13.0 Å². The van der Waals surface area contributed by atoms with E-state index in [0.717, 1.165) is 28.7 Å². The van der Waals surface area contributed by atoms with E-state index in [2.05, 4.69) is 9.88 Å². The Morgan fingerprint density at radius 2 is 2.16 bits per heavy atom. The van der Waals surface area contributed by atoms with E-state index in [9.17, 15) is 5.11 Å². The molecule has 100 valence electrons. The summed E-state index contributed by atoms with van der Waals surface area (Å²) in [7, 11) is 0. The maximum absolute atomic E-state index is 9.21. The number of hydrogen-bond donors (Lipinski definition) is 2. The van der Waals surface area contributed by atoms with E-state index < -0.39 is 0 Å². The SMILES string of the molecule is CCN(CCO)c1c(C(N)=S)cnc2ccccc12. The highest BCUT2D eigenvalue weighted by Crippen LogP contribution is 2.29. The van der Waals surface area contributed by atoms with Crippen LogP contribution in [0.15, 0.2) is 30.5 Å². The predicted molar refractivity (Wildman–Crippen MR) is 82.6 cm³/mol. The van der Waals surface area contributed by atoms with E-state index in [4.69, 9.17) is 18.0 Å². The number of para-hydroxylation sites is 1. The Kier molecular flexibility index (Phi) is 4.29. The van der Waals surface area contributed by atoms with Crippen molar-refractivity contribution < 1.29 is 5.11 Å². The first-order valence-electron chi connectivity index (χ1n) is 6.22. The van der Waals surface area contributed by atoms with Crippen molar-refractivity contribution in [3.8, 4) is 0 Å². The lowest BCUT2D eigenvalue weighted by molar-refractivity contribution is 0.302. The van der Waals surface area contributed by atoms with Gasteiger partial charge < -0.3 is 15.7 Å².